The van der Waals surface area contributed by atoms with Gasteiger partial charge in [0.15, 0.2) is 0 Å². The van der Waals surface area contributed by atoms with Crippen LogP contribution in [0.15, 0.2) is 55.9 Å². The van der Waals surface area contributed by atoms with E-state index in [1.807, 2.05) is 30.3 Å². The van der Waals surface area contributed by atoms with Gasteiger partial charge < -0.3 is 5.11 Å². The Bertz CT molecular complexity index is 724. The first-order valence-electron chi connectivity index (χ1n) is 5.76. The first kappa shape index (κ1) is 16.9. The van der Waals surface area contributed by atoms with E-state index in [0.29, 0.717) is 14.5 Å². The average molecular weight is 540 g/mol. The number of carboxylic acid groups (broad SMARTS) is 1. The van der Waals surface area contributed by atoms with Crippen LogP contribution in [-0.2, 0) is 4.79 Å². The molecule has 0 radical (unpaired) electrons. The van der Waals surface area contributed by atoms with Gasteiger partial charge in [0.2, 0.25) is 0 Å². The van der Waals surface area contributed by atoms with Crippen molar-refractivity contribution in [3.05, 3.63) is 67.0 Å². The number of halogens is 4. The fourth-order valence-corrected chi connectivity index (χ4v) is 3.91. The molecule has 2 nitrogen and oxygen atoms in total. The van der Waals surface area contributed by atoms with Crippen LogP contribution in [0.3, 0.4) is 0 Å². The van der Waals surface area contributed by atoms with Gasteiger partial charge in [-0.15, -0.1) is 0 Å². The van der Waals surface area contributed by atoms with Crippen molar-refractivity contribution >= 4 is 79.7 Å². The summed E-state index contributed by atoms with van der Waals surface area (Å²) in [5.41, 5.74) is 1.59. The molecule has 0 aliphatic heterocycles. The Balaban J connectivity index is 2.71. The van der Waals surface area contributed by atoms with Crippen LogP contribution in [0.2, 0.25) is 0 Å². The quantitative estimate of drug-likeness (QED) is 0.281. The highest BCUT2D eigenvalue weighted by Gasteiger charge is 2.21. The molecule has 1 N–H and O–H groups in total. The number of carboxylic acids is 1. The van der Waals surface area contributed by atoms with Crippen LogP contribution in [-0.4, -0.2) is 11.1 Å². The van der Waals surface area contributed by atoms with E-state index in [-0.39, 0.29) is 5.57 Å². The lowest BCUT2D eigenvalue weighted by Crippen LogP contribution is -2.03. The molecule has 0 atom stereocenters. The van der Waals surface area contributed by atoms with E-state index in [1.165, 1.54) is 0 Å². The Hall–Kier alpha value is -0.430. The molecule has 21 heavy (non-hydrogen) atoms. The predicted molar refractivity (Wildman–Crippen MR) is 99.4 cm³/mol. The molecule has 0 saturated carbocycles. The highest BCUT2D eigenvalue weighted by Crippen LogP contribution is 2.40. The number of hydrogen-bond donors (Lipinski definition) is 1. The van der Waals surface area contributed by atoms with Crippen LogP contribution in [0.25, 0.3) is 10.1 Å². The van der Waals surface area contributed by atoms with Crippen molar-refractivity contribution in [1.82, 2.24) is 0 Å². The molecule has 0 aromatic heterocycles. The Labute approximate surface area is 155 Å². The lowest BCUT2D eigenvalue weighted by atomic mass is 10.0. The van der Waals surface area contributed by atoms with E-state index < -0.39 is 5.97 Å². The molecule has 0 aliphatic rings. The third-order valence-corrected chi connectivity index (χ3v) is 6.99. The molecule has 2 rings (SSSR count). The first-order valence-corrected chi connectivity index (χ1v) is 8.93. The molecule has 0 saturated heterocycles. The maximum absolute atomic E-state index is 11.7. The van der Waals surface area contributed by atoms with E-state index in [4.69, 9.17) is 0 Å². The number of hydrogen-bond acceptors (Lipinski definition) is 1. The molecular formula is C15H8Br4O2. The summed E-state index contributed by atoms with van der Waals surface area (Å²) < 4.78 is 2.83. The molecule has 108 valence electrons. The molecule has 0 bridgehead atoms. The maximum atomic E-state index is 11.7. The Morgan fingerprint density at radius 3 is 2.10 bits per heavy atom. The van der Waals surface area contributed by atoms with Crippen molar-refractivity contribution in [1.29, 1.82) is 0 Å². The summed E-state index contributed by atoms with van der Waals surface area (Å²) >= 11 is 13.7. The van der Waals surface area contributed by atoms with Crippen molar-refractivity contribution in [2.75, 3.05) is 0 Å². The van der Waals surface area contributed by atoms with Crippen molar-refractivity contribution < 1.29 is 9.90 Å². The summed E-state index contributed by atoms with van der Waals surface area (Å²) in [6.07, 6.45) is 0. The second-order valence-electron chi connectivity index (χ2n) is 4.08. The van der Waals surface area contributed by atoms with Gasteiger partial charge in [-0.25, -0.2) is 4.79 Å². The zero-order valence-corrected chi connectivity index (χ0v) is 16.8. The third kappa shape index (κ3) is 3.67. The Morgan fingerprint density at radius 1 is 0.905 bits per heavy atom. The molecule has 0 amide bonds. The summed E-state index contributed by atoms with van der Waals surface area (Å²) in [4.78, 5) is 11.7. The molecule has 2 aromatic rings. The molecule has 0 aliphatic carbocycles. The van der Waals surface area contributed by atoms with Gasteiger partial charge in [0.25, 0.3) is 0 Å². The molecule has 0 spiro atoms. The van der Waals surface area contributed by atoms with E-state index in [1.54, 1.807) is 12.1 Å². The molecule has 6 heteroatoms. The highest BCUT2D eigenvalue weighted by atomic mass is 79.9. The van der Waals surface area contributed by atoms with Crippen LogP contribution in [0.4, 0.5) is 0 Å². The zero-order valence-electron chi connectivity index (χ0n) is 10.4. The summed E-state index contributed by atoms with van der Waals surface area (Å²) in [5.74, 6) is -0.999. The molecular weight excluding hydrogens is 532 g/mol. The molecule has 2 aromatic carbocycles. The molecule has 0 heterocycles. The number of aliphatic carboxylic acids is 1. The second kappa shape index (κ2) is 7.22. The van der Waals surface area contributed by atoms with Crippen molar-refractivity contribution in [2.45, 2.75) is 0 Å². The lowest BCUT2D eigenvalue weighted by Gasteiger charge is -2.11. The standard InChI is InChI=1S/C15H8Br4O2/c16-10-7-6-9(13(18)14(10)19)11(15(20)21)12(17)8-4-2-1-3-5-8/h1-7H,(H,20,21). The number of benzene rings is 2. The van der Waals surface area contributed by atoms with Crippen LogP contribution in [0.5, 0.6) is 0 Å². The largest absolute Gasteiger partial charge is 0.478 e. The number of carbonyl (C=O) groups is 1. The topological polar surface area (TPSA) is 37.3 Å². The summed E-state index contributed by atoms with van der Waals surface area (Å²) in [5, 5.41) is 9.61. The van der Waals surface area contributed by atoms with Crippen molar-refractivity contribution in [3.63, 3.8) is 0 Å². The minimum atomic E-state index is -0.999. The molecule has 0 unspecified atom stereocenters. The SMILES string of the molecule is O=C(O)C(=C(Br)c1ccccc1)c1ccc(Br)c(Br)c1Br. The lowest BCUT2D eigenvalue weighted by molar-refractivity contribution is -0.130. The Morgan fingerprint density at radius 2 is 1.52 bits per heavy atom. The van der Waals surface area contributed by atoms with Crippen LogP contribution in [0.1, 0.15) is 11.1 Å². The van der Waals surface area contributed by atoms with Gasteiger partial charge in [0.1, 0.15) is 0 Å². The number of rotatable bonds is 3. The van der Waals surface area contributed by atoms with Gasteiger partial charge in [0, 0.05) is 23.5 Å². The van der Waals surface area contributed by atoms with Gasteiger partial charge in [-0.3, -0.25) is 0 Å². The highest BCUT2D eigenvalue weighted by molar-refractivity contribution is 9.15. The van der Waals surface area contributed by atoms with E-state index in [9.17, 15) is 9.90 Å². The monoisotopic (exact) mass is 536 g/mol. The van der Waals surface area contributed by atoms with Crippen LogP contribution in [0, 0.1) is 0 Å². The van der Waals surface area contributed by atoms with Gasteiger partial charge in [0.05, 0.1) is 5.57 Å². The fraction of sp³-hybridized carbons (Fsp3) is 0. The zero-order chi connectivity index (χ0) is 15.6. The smallest absolute Gasteiger partial charge is 0.337 e. The van der Waals surface area contributed by atoms with E-state index >= 15 is 0 Å². The van der Waals surface area contributed by atoms with Crippen LogP contribution >= 0.6 is 63.7 Å². The minimum Gasteiger partial charge on any atom is -0.478 e. The maximum Gasteiger partial charge on any atom is 0.337 e. The summed E-state index contributed by atoms with van der Waals surface area (Å²) in [7, 11) is 0. The summed E-state index contributed by atoms with van der Waals surface area (Å²) in [6, 6.07) is 12.9. The van der Waals surface area contributed by atoms with Gasteiger partial charge >= 0.3 is 5.97 Å². The van der Waals surface area contributed by atoms with Crippen molar-refractivity contribution in [2.24, 2.45) is 0 Å². The normalized spacial score (nSPS) is 12.0. The summed E-state index contributed by atoms with van der Waals surface area (Å²) in [6.45, 7) is 0. The fourth-order valence-electron chi connectivity index (χ4n) is 1.78. The first-order chi connectivity index (χ1) is 9.93. The van der Waals surface area contributed by atoms with Gasteiger partial charge in [-0.1, -0.05) is 36.4 Å². The van der Waals surface area contributed by atoms with Crippen LogP contribution < -0.4 is 0 Å². The Kier molecular flexibility index (Phi) is 5.82. The van der Waals surface area contributed by atoms with E-state index in [2.05, 4.69) is 63.7 Å². The second-order valence-corrected chi connectivity index (χ2v) is 7.32. The van der Waals surface area contributed by atoms with E-state index in [0.717, 1.165) is 14.5 Å². The molecule has 0 fully saturated rings. The van der Waals surface area contributed by atoms with Crippen molar-refractivity contribution in [3.8, 4) is 0 Å². The average Bonchev–Trinajstić information content (AvgIpc) is 2.48. The van der Waals surface area contributed by atoms with Gasteiger partial charge in [-0.2, -0.15) is 0 Å². The van der Waals surface area contributed by atoms with Gasteiger partial charge in [-0.05, 0) is 75.3 Å². The third-order valence-electron chi connectivity index (χ3n) is 2.77. The predicted octanol–water partition coefficient (Wildman–Crippen LogP) is 6.32. The minimum absolute atomic E-state index is 0.196.